The number of Topliss-reactive ketones (excluding diaryl/α,β-unsaturated/α-hetero) is 1. The maximum Gasteiger partial charge on any atom is 0.180 e. The van der Waals surface area contributed by atoms with Gasteiger partial charge in [0.1, 0.15) is 5.82 Å². The van der Waals surface area contributed by atoms with Gasteiger partial charge in [0.15, 0.2) is 5.78 Å². The maximum absolute atomic E-state index is 13.6. The highest BCUT2D eigenvalue weighted by molar-refractivity contribution is 9.10. The quantitative estimate of drug-likeness (QED) is 0.597. The van der Waals surface area contributed by atoms with Crippen LogP contribution >= 0.6 is 27.5 Å². The largest absolute Gasteiger partial charge is 0.293 e. The normalized spacial score (nSPS) is 10.4. The lowest BCUT2D eigenvalue weighted by molar-refractivity contribution is 0.101. The van der Waals surface area contributed by atoms with Crippen molar-refractivity contribution in [3.05, 3.63) is 33.0 Å². The van der Waals surface area contributed by atoms with Crippen molar-refractivity contribution >= 4 is 33.3 Å². The van der Waals surface area contributed by atoms with Crippen LogP contribution in [0.1, 0.15) is 21.5 Å². The van der Waals surface area contributed by atoms with Crippen molar-refractivity contribution in [2.45, 2.75) is 13.8 Å². The summed E-state index contributed by atoms with van der Waals surface area (Å²) in [5, 5.41) is 0. The van der Waals surface area contributed by atoms with Gasteiger partial charge in [0.05, 0.1) is 15.9 Å². The van der Waals surface area contributed by atoms with E-state index >= 15 is 0 Å². The Morgan fingerprint density at radius 2 is 2.14 bits per heavy atom. The van der Waals surface area contributed by atoms with E-state index in [2.05, 4.69) is 15.9 Å². The molecule has 14 heavy (non-hydrogen) atoms. The molecule has 0 N–H and O–H groups in total. The molecule has 1 rings (SSSR count). The van der Waals surface area contributed by atoms with Gasteiger partial charge in [0.2, 0.25) is 0 Å². The average molecular weight is 280 g/mol. The molecule has 0 atom stereocenters. The van der Waals surface area contributed by atoms with Crippen LogP contribution < -0.4 is 0 Å². The summed E-state index contributed by atoms with van der Waals surface area (Å²) in [6.45, 7) is 3.54. The topological polar surface area (TPSA) is 17.1 Å². The van der Waals surface area contributed by atoms with E-state index in [0.29, 0.717) is 10.0 Å². The average Bonchev–Trinajstić information content (AvgIpc) is 2.15. The molecule has 0 heterocycles. The van der Waals surface area contributed by atoms with Gasteiger partial charge in [-0.05, 0) is 47.0 Å². The first-order chi connectivity index (χ1) is 6.49. The molecular weight excluding hydrogens is 270 g/mol. The fourth-order valence-electron chi connectivity index (χ4n) is 1.24. The lowest BCUT2D eigenvalue weighted by atomic mass is 10.0. The highest BCUT2D eigenvalue weighted by atomic mass is 79.9. The molecule has 0 radical (unpaired) electrons. The third-order valence-electron chi connectivity index (χ3n) is 2.14. The van der Waals surface area contributed by atoms with Crippen molar-refractivity contribution < 1.29 is 9.18 Å². The molecule has 1 nitrogen and oxygen atoms in total. The van der Waals surface area contributed by atoms with Gasteiger partial charge < -0.3 is 0 Å². The zero-order valence-corrected chi connectivity index (χ0v) is 10.2. The number of benzene rings is 1. The number of rotatable bonds is 2. The Hall–Kier alpha value is -0.410. The van der Waals surface area contributed by atoms with Gasteiger partial charge >= 0.3 is 0 Å². The van der Waals surface area contributed by atoms with E-state index in [1.807, 2.05) is 6.92 Å². The van der Waals surface area contributed by atoms with Gasteiger partial charge in [-0.1, -0.05) is 0 Å². The molecule has 0 spiro atoms. The second kappa shape index (κ2) is 4.41. The third-order valence-corrected chi connectivity index (χ3v) is 2.96. The summed E-state index contributed by atoms with van der Waals surface area (Å²) in [5.41, 5.74) is 1.61. The number of hydrogen-bond acceptors (Lipinski definition) is 1. The molecule has 1 aromatic carbocycles. The second-order valence-corrected chi connectivity index (χ2v) is 4.17. The molecule has 4 heteroatoms. The Bertz CT molecular complexity index is 364. The van der Waals surface area contributed by atoms with Gasteiger partial charge in [0.25, 0.3) is 0 Å². The van der Waals surface area contributed by atoms with E-state index in [-0.39, 0.29) is 17.2 Å². The minimum atomic E-state index is -0.529. The second-order valence-electron chi connectivity index (χ2n) is 3.05. The van der Waals surface area contributed by atoms with Gasteiger partial charge in [-0.25, -0.2) is 4.39 Å². The lowest BCUT2D eigenvalue weighted by Crippen LogP contribution is -2.08. The Labute approximate surface area is 95.4 Å². The van der Waals surface area contributed by atoms with Crippen LogP contribution in [0.25, 0.3) is 0 Å². The lowest BCUT2D eigenvalue weighted by Gasteiger charge is -2.09. The summed E-state index contributed by atoms with van der Waals surface area (Å²) in [7, 11) is 0. The Balaban J connectivity index is 3.47. The van der Waals surface area contributed by atoms with Gasteiger partial charge in [-0.3, -0.25) is 4.79 Å². The van der Waals surface area contributed by atoms with Gasteiger partial charge in [-0.2, -0.15) is 0 Å². The van der Waals surface area contributed by atoms with E-state index in [1.54, 1.807) is 13.0 Å². The Morgan fingerprint density at radius 3 is 2.64 bits per heavy atom. The zero-order chi connectivity index (χ0) is 10.9. The minimum absolute atomic E-state index is 0.0897. The smallest absolute Gasteiger partial charge is 0.180 e. The predicted molar refractivity (Wildman–Crippen MR) is 58.6 cm³/mol. The van der Waals surface area contributed by atoms with Crippen molar-refractivity contribution in [1.29, 1.82) is 0 Å². The van der Waals surface area contributed by atoms with Crippen LogP contribution in [-0.2, 0) is 0 Å². The maximum atomic E-state index is 13.6. The summed E-state index contributed by atoms with van der Waals surface area (Å²) in [6, 6.07) is 1.65. The van der Waals surface area contributed by atoms with Crippen LogP contribution in [0.15, 0.2) is 10.5 Å². The molecule has 0 fully saturated rings. The molecule has 0 aliphatic rings. The third kappa shape index (κ3) is 1.98. The summed E-state index contributed by atoms with van der Waals surface area (Å²) in [5.74, 6) is -1.11. The number of carbonyl (C=O) groups is 1. The van der Waals surface area contributed by atoms with E-state index < -0.39 is 5.82 Å². The summed E-state index contributed by atoms with van der Waals surface area (Å²) >= 11 is 8.46. The summed E-state index contributed by atoms with van der Waals surface area (Å²) in [4.78, 5) is 11.4. The number of carbonyl (C=O) groups excluding carboxylic acids is 1. The van der Waals surface area contributed by atoms with Crippen LogP contribution in [0.5, 0.6) is 0 Å². The van der Waals surface area contributed by atoms with Crippen LogP contribution in [-0.4, -0.2) is 11.7 Å². The summed E-state index contributed by atoms with van der Waals surface area (Å²) in [6.07, 6.45) is 0. The van der Waals surface area contributed by atoms with E-state index in [4.69, 9.17) is 11.6 Å². The summed E-state index contributed by atoms with van der Waals surface area (Å²) < 4.78 is 13.9. The molecule has 0 saturated carbocycles. The fourth-order valence-corrected chi connectivity index (χ4v) is 1.92. The SMILES string of the molecule is Cc1cc(Br)c(F)c(C(=O)CCl)c1C. The fraction of sp³-hybridized carbons (Fsp3) is 0.300. The number of alkyl halides is 1. The molecule has 0 unspecified atom stereocenters. The monoisotopic (exact) mass is 278 g/mol. The first kappa shape index (κ1) is 11.7. The van der Waals surface area contributed by atoms with Gasteiger partial charge in [-0.15, -0.1) is 11.6 Å². The molecule has 0 aliphatic carbocycles. The Kier molecular flexibility index (Phi) is 3.67. The van der Waals surface area contributed by atoms with E-state index in [1.165, 1.54) is 0 Å². The van der Waals surface area contributed by atoms with Crippen LogP contribution in [0, 0.1) is 19.7 Å². The first-order valence-corrected chi connectivity index (χ1v) is 5.36. The molecule has 0 aliphatic heterocycles. The number of halogens is 3. The molecule has 0 amide bonds. The van der Waals surface area contributed by atoms with Crippen molar-refractivity contribution in [1.82, 2.24) is 0 Å². The number of hydrogen-bond donors (Lipinski definition) is 0. The van der Waals surface area contributed by atoms with Crippen molar-refractivity contribution in [3.8, 4) is 0 Å². The first-order valence-electron chi connectivity index (χ1n) is 4.03. The Morgan fingerprint density at radius 1 is 1.57 bits per heavy atom. The van der Waals surface area contributed by atoms with E-state index in [0.717, 1.165) is 5.56 Å². The standard InChI is InChI=1S/C10H9BrClFO/c1-5-3-7(11)10(13)9(6(5)2)8(14)4-12/h3H,4H2,1-2H3. The highest BCUT2D eigenvalue weighted by Gasteiger charge is 2.17. The molecule has 0 aromatic heterocycles. The van der Waals surface area contributed by atoms with Crippen LogP contribution in [0.4, 0.5) is 4.39 Å². The molecule has 1 aromatic rings. The number of ketones is 1. The van der Waals surface area contributed by atoms with Crippen LogP contribution in [0.3, 0.4) is 0 Å². The zero-order valence-electron chi connectivity index (χ0n) is 7.83. The van der Waals surface area contributed by atoms with Crippen LogP contribution in [0.2, 0.25) is 0 Å². The molecular formula is C10H9BrClFO. The highest BCUT2D eigenvalue weighted by Crippen LogP contribution is 2.25. The molecule has 76 valence electrons. The molecule has 0 bridgehead atoms. The van der Waals surface area contributed by atoms with E-state index in [9.17, 15) is 9.18 Å². The van der Waals surface area contributed by atoms with Crippen molar-refractivity contribution in [2.75, 3.05) is 5.88 Å². The predicted octanol–water partition coefficient (Wildman–Crippen LogP) is 3.63. The van der Waals surface area contributed by atoms with Crippen molar-refractivity contribution in [2.24, 2.45) is 0 Å². The molecule has 0 saturated heterocycles. The number of aryl methyl sites for hydroxylation is 1. The minimum Gasteiger partial charge on any atom is -0.293 e. The van der Waals surface area contributed by atoms with Gasteiger partial charge in [0, 0.05) is 0 Å². The van der Waals surface area contributed by atoms with Crippen molar-refractivity contribution in [3.63, 3.8) is 0 Å².